The molecule has 2 atom stereocenters. The van der Waals surface area contributed by atoms with Crippen LogP contribution < -0.4 is 10.2 Å². The van der Waals surface area contributed by atoms with Crippen LogP contribution in [0.3, 0.4) is 0 Å². The largest absolute Gasteiger partial charge is 2.00 e. The van der Waals surface area contributed by atoms with Gasteiger partial charge in [-0.15, -0.1) is 0 Å². The molecule has 4 aromatic rings. The van der Waals surface area contributed by atoms with E-state index in [4.69, 9.17) is 9.97 Å². The topological polar surface area (TPSA) is 61.3 Å². The Morgan fingerprint density at radius 2 is 1.67 bits per heavy atom. The monoisotopic (exact) mass is 970 g/mol. The summed E-state index contributed by atoms with van der Waals surface area (Å²) in [5, 5.41) is 15.0. The number of rotatable bonds is 6. The third kappa shape index (κ3) is 9.34. The van der Waals surface area contributed by atoms with Crippen LogP contribution in [0.2, 0.25) is 0 Å². The molecule has 5 nitrogen and oxygen atoms in total. The molecule has 1 fully saturated rings. The number of nitrogens with zero attached hydrogens (tertiary/aromatic N) is 3. The van der Waals surface area contributed by atoms with Crippen LogP contribution in [-0.2, 0) is 6.42 Å². The van der Waals surface area contributed by atoms with Gasteiger partial charge >= 0.3 is 62.2 Å². The van der Waals surface area contributed by atoms with Crippen molar-refractivity contribution in [3.05, 3.63) is 110 Å². The summed E-state index contributed by atoms with van der Waals surface area (Å²) >= 11 is 0. The van der Waals surface area contributed by atoms with Crippen molar-refractivity contribution in [2.75, 3.05) is 16.8 Å². The Kier molecular flexibility index (Phi) is 16.0. The zero-order chi connectivity index (χ0) is 25.5. The van der Waals surface area contributed by atoms with Crippen molar-refractivity contribution in [1.29, 1.82) is 0 Å². The van der Waals surface area contributed by atoms with E-state index >= 15 is 0 Å². The normalized spacial score (nSPS) is 15.9. The summed E-state index contributed by atoms with van der Waals surface area (Å²) in [4.78, 5) is 12.0. The Morgan fingerprint density at radius 3 is 2.36 bits per heavy atom. The Hall–Kier alpha value is -1.34. The quantitative estimate of drug-likeness (QED) is 0.205. The summed E-state index contributed by atoms with van der Waals surface area (Å²) in [6.07, 6.45) is 4.25. The number of benzene rings is 3. The third-order valence-electron chi connectivity index (χ3n) is 6.14. The Labute approximate surface area is 282 Å². The van der Waals surface area contributed by atoms with E-state index < -0.39 is 6.10 Å². The molecule has 1 aliphatic rings. The first-order valence-electron chi connectivity index (χ1n) is 12.6. The van der Waals surface area contributed by atoms with E-state index in [0.29, 0.717) is 18.4 Å². The molecule has 3 aromatic carbocycles. The molecule has 0 radical (unpaired) electrons. The summed E-state index contributed by atoms with van der Waals surface area (Å²) in [5.41, 5.74) is 4.36. The van der Waals surface area contributed by atoms with Gasteiger partial charge < -0.3 is 29.2 Å². The van der Waals surface area contributed by atoms with E-state index in [1.54, 1.807) is 0 Å². The van der Waals surface area contributed by atoms with Crippen molar-refractivity contribution in [3.63, 3.8) is 0 Å². The standard InChI is InChI=1S/C28H28N4O.C3H7.CH3.2U/c1-19(2)23-12-6-8-14-25(23)29-27-24-13-7-9-15-26(24)30-28(31-27)32-18-22(33)17-21(32)16-20-10-4-3-5-11-20;1-3-2;;;/h4-15,17,19,21-22,33H,16,18H2,1-2H3,(H,29,30,31);3H,1-2H3;1H3;;/q-2;2*-1;2*+2. The number of hydrogen-bond acceptors (Lipinski definition) is 5. The minimum Gasteiger partial charge on any atom is -0.423 e. The second kappa shape index (κ2) is 17.5. The number of hydrogen-bond donors (Lipinski definition) is 2. The van der Waals surface area contributed by atoms with E-state index in [1.165, 1.54) is 11.1 Å². The fourth-order valence-electron chi connectivity index (χ4n) is 4.50. The minimum absolute atomic E-state index is 0. The fourth-order valence-corrected chi connectivity index (χ4v) is 4.50. The van der Waals surface area contributed by atoms with Crippen LogP contribution in [0.25, 0.3) is 10.9 Å². The van der Waals surface area contributed by atoms with E-state index in [2.05, 4.69) is 60.5 Å². The molecule has 7 heteroatoms. The van der Waals surface area contributed by atoms with Gasteiger partial charge in [0.2, 0.25) is 5.95 Å². The molecule has 39 heavy (non-hydrogen) atoms. The molecular weight excluding hydrogens is 932 g/mol. The molecule has 1 aromatic heterocycles. The SMILES string of the molecule is CC(C)c1ccccc1Nc1nc(N2CC(O)[CH-]C2Cc2cc[c-]cc2)nc2ccccc12.C[CH-]C.[CH3-].[U+2].[U+2]. The first-order chi connectivity index (χ1) is 17.5. The number of β-amino-alcohol motifs (C(OH)–C–C–N with tert-alkyl or cyclic N) is 1. The van der Waals surface area contributed by atoms with Gasteiger partial charge in [-0.3, -0.25) is 6.42 Å². The van der Waals surface area contributed by atoms with Gasteiger partial charge in [-0.1, -0.05) is 56.6 Å². The van der Waals surface area contributed by atoms with Crippen LogP contribution in [0.4, 0.5) is 17.5 Å². The summed E-state index contributed by atoms with van der Waals surface area (Å²) < 4.78 is 0. The van der Waals surface area contributed by atoms with Crippen molar-refractivity contribution in [2.24, 2.45) is 0 Å². The maximum Gasteiger partial charge on any atom is 2.00 e. The molecule has 200 valence electrons. The molecular formula is C32H38N4OU2. The Balaban J connectivity index is 0.00000121. The van der Waals surface area contributed by atoms with E-state index in [1.807, 2.05) is 69.2 Å². The average Bonchev–Trinajstić information content (AvgIpc) is 3.25. The summed E-state index contributed by atoms with van der Waals surface area (Å²) in [5.74, 6) is 1.79. The number of nitrogens with one attached hydrogen (secondary N) is 1. The van der Waals surface area contributed by atoms with Crippen LogP contribution in [0.15, 0.2) is 72.8 Å². The predicted octanol–water partition coefficient (Wildman–Crippen LogP) is 6.97. The molecule has 0 amide bonds. The van der Waals surface area contributed by atoms with Crippen LogP contribution in [0.1, 0.15) is 44.7 Å². The van der Waals surface area contributed by atoms with Crippen LogP contribution >= 0.6 is 0 Å². The van der Waals surface area contributed by atoms with Gasteiger partial charge in [0.1, 0.15) is 5.82 Å². The maximum absolute atomic E-state index is 10.5. The zero-order valence-corrected chi connectivity index (χ0v) is 31.8. The van der Waals surface area contributed by atoms with Gasteiger partial charge in [0, 0.05) is 17.6 Å². The number of aromatic nitrogens is 2. The number of para-hydroxylation sites is 2. The fraction of sp³-hybridized carbons (Fsp3) is 0.281. The van der Waals surface area contributed by atoms with Gasteiger partial charge in [0.25, 0.3) is 0 Å². The molecule has 0 spiro atoms. The molecule has 5 rings (SSSR count). The zero-order valence-electron chi connectivity index (χ0n) is 23.5. The molecule has 0 aliphatic carbocycles. The second-order valence-corrected chi connectivity index (χ2v) is 9.43. The van der Waals surface area contributed by atoms with E-state index in [9.17, 15) is 5.11 Å². The molecule has 1 saturated heterocycles. The Bertz CT molecular complexity index is 1270. The molecule has 2 N–H and O–H groups in total. The van der Waals surface area contributed by atoms with Gasteiger partial charge in [-0.2, -0.15) is 54.7 Å². The predicted molar refractivity (Wildman–Crippen MR) is 156 cm³/mol. The van der Waals surface area contributed by atoms with Crippen molar-refractivity contribution < 1.29 is 67.3 Å². The summed E-state index contributed by atoms with van der Waals surface area (Å²) in [6.45, 7) is 8.86. The summed E-state index contributed by atoms with van der Waals surface area (Å²) in [6, 6.07) is 27.5. The van der Waals surface area contributed by atoms with Crippen molar-refractivity contribution in [1.82, 2.24) is 9.97 Å². The number of fused-ring (bicyclic) bond motifs is 1. The molecule has 1 aliphatic heterocycles. The third-order valence-corrected chi connectivity index (χ3v) is 6.14. The average molecular weight is 971 g/mol. The molecule has 0 bridgehead atoms. The molecule has 0 saturated carbocycles. The first-order valence-corrected chi connectivity index (χ1v) is 12.6. The summed E-state index contributed by atoms with van der Waals surface area (Å²) in [7, 11) is 0. The van der Waals surface area contributed by atoms with E-state index in [-0.39, 0.29) is 75.7 Å². The van der Waals surface area contributed by atoms with Crippen LogP contribution in [0.5, 0.6) is 0 Å². The second-order valence-electron chi connectivity index (χ2n) is 9.43. The van der Waals surface area contributed by atoms with Crippen LogP contribution in [0, 0.1) is 88.6 Å². The number of anilines is 3. The van der Waals surface area contributed by atoms with Gasteiger partial charge in [0.15, 0.2) is 0 Å². The minimum atomic E-state index is -0.515. The van der Waals surface area contributed by atoms with Crippen molar-refractivity contribution in [3.8, 4) is 0 Å². The first kappa shape index (κ1) is 35.7. The smallest absolute Gasteiger partial charge is 0.423 e. The van der Waals surface area contributed by atoms with Gasteiger partial charge in [-0.05, 0) is 35.8 Å². The van der Waals surface area contributed by atoms with Gasteiger partial charge in [-0.25, -0.2) is 4.98 Å². The maximum atomic E-state index is 10.5. The van der Waals surface area contributed by atoms with Crippen molar-refractivity contribution >= 4 is 28.4 Å². The van der Waals surface area contributed by atoms with Gasteiger partial charge in [0.05, 0.1) is 5.52 Å². The number of aliphatic hydroxyl groups excluding tert-OH is 1. The number of aliphatic hydroxyl groups is 1. The Morgan fingerprint density at radius 1 is 1.03 bits per heavy atom. The van der Waals surface area contributed by atoms with E-state index in [0.717, 1.165) is 28.8 Å². The van der Waals surface area contributed by atoms with Crippen molar-refractivity contribution in [2.45, 2.75) is 52.2 Å². The van der Waals surface area contributed by atoms with Crippen LogP contribution in [-0.4, -0.2) is 33.8 Å². The molecule has 2 heterocycles. The molecule has 2 unspecified atom stereocenters.